The lowest BCUT2D eigenvalue weighted by Crippen LogP contribution is -2.53. The molecule has 0 saturated carbocycles. The monoisotopic (exact) mass is 511 g/mol. The van der Waals surface area contributed by atoms with E-state index >= 15 is 0 Å². The smallest absolute Gasteiger partial charge is 0.249 e. The van der Waals surface area contributed by atoms with Crippen LogP contribution in [0.5, 0.6) is 0 Å². The summed E-state index contributed by atoms with van der Waals surface area (Å²) in [4.78, 5) is 12.3. The van der Waals surface area contributed by atoms with E-state index in [1.807, 2.05) is 0 Å². The standard InChI is InChI=1S/C30H57NO5/c1-3-5-7-9-11-12-13-14-15-16-17-18-20-22-24-28(34)30(36)31-26(25-32)29(35)27(33)23-21-19-10-8-6-4-2/h11-14,26-29,32-35H,3-10,15-25H2,1-2H3,(H,31,36)/b12-11-,14-13-. The van der Waals surface area contributed by atoms with Gasteiger partial charge < -0.3 is 25.7 Å². The van der Waals surface area contributed by atoms with Crippen molar-refractivity contribution in [2.75, 3.05) is 6.61 Å². The van der Waals surface area contributed by atoms with Gasteiger partial charge in [-0.1, -0.05) is 115 Å². The number of amides is 1. The zero-order valence-electron chi connectivity index (χ0n) is 23.3. The van der Waals surface area contributed by atoms with E-state index < -0.39 is 36.9 Å². The van der Waals surface area contributed by atoms with Crippen LogP contribution in [0, 0.1) is 0 Å². The van der Waals surface area contributed by atoms with Gasteiger partial charge in [-0.3, -0.25) is 4.79 Å². The van der Waals surface area contributed by atoms with E-state index in [-0.39, 0.29) is 0 Å². The summed E-state index contributed by atoms with van der Waals surface area (Å²) in [6.07, 6.45) is 23.6. The summed E-state index contributed by atoms with van der Waals surface area (Å²) < 4.78 is 0. The molecule has 0 rings (SSSR count). The van der Waals surface area contributed by atoms with Gasteiger partial charge in [0, 0.05) is 0 Å². The first-order chi connectivity index (χ1) is 17.5. The van der Waals surface area contributed by atoms with Crippen molar-refractivity contribution < 1.29 is 25.2 Å². The first-order valence-corrected chi connectivity index (χ1v) is 14.7. The quantitative estimate of drug-likeness (QED) is 0.0795. The zero-order valence-corrected chi connectivity index (χ0v) is 23.3. The van der Waals surface area contributed by atoms with Gasteiger partial charge in [-0.2, -0.15) is 0 Å². The van der Waals surface area contributed by atoms with Crippen LogP contribution in [0.3, 0.4) is 0 Å². The van der Waals surface area contributed by atoms with Gasteiger partial charge in [-0.05, 0) is 38.5 Å². The van der Waals surface area contributed by atoms with Gasteiger partial charge in [0.25, 0.3) is 0 Å². The van der Waals surface area contributed by atoms with Crippen LogP contribution in [-0.4, -0.2) is 57.3 Å². The molecule has 0 aromatic heterocycles. The summed E-state index contributed by atoms with van der Waals surface area (Å²) in [6, 6.07) is -0.985. The van der Waals surface area contributed by atoms with E-state index in [0.29, 0.717) is 12.8 Å². The molecule has 0 fully saturated rings. The normalized spacial score (nSPS) is 15.4. The van der Waals surface area contributed by atoms with Crippen molar-refractivity contribution in [2.24, 2.45) is 0 Å². The van der Waals surface area contributed by atoms with Gasteiger partial charge in [0.05, 0.1) is 18.8 Å². The zero-order chi connectivity index (χ0) is 26.9. The van der Waals surface area contributed by atoms with E-state index in [1.54, 1.807) is 0 Å². The van der Waals surface area contributed by atoms with Crippen LogP contribution in [-0.2, 0) is 4.79 Å². The molecule has 212 valence electrons. The van der Waals surface area contributed by atoms with Crippen molar-refractivity contribution in [3.63, 3.8) is 0 Å². The number of hydrogen-bond acceptors (Lipinski definition) is 5. The molecule has 6 heteroatoms. The molecule has 6 nitrogen and oxygen atoms in total. The summed E-state index contributed by atoms with van der Waals surface area (Å²) in [7, 11) is 0. The van der Waals surface area contributed by atoms with Crippen molar-refractivity contribution >= 4 is 5.91 Å². The molecule has 0 heterocycles. The lowest BCUT2D eigenvalue weighted by molar-refractivity contribution is -0.132. The number of unbranched alkanes of at least 4 members (excludes halogenated alkanes) is 13. The van der Waals surface area contributed by atoms with Gasteiger partial charge in [-0.25, -0.2) is 0 Å². The van der Waals surface area contributed by atoms with E-state index in [0.717, 1.165) is 64.2 Å². The topological polar surface area (TPSA) is 110 Å². The van der Waals surface area contributed by atoms with Crippen LogP contribution in [0.4, 0.5) is 0 Å². The number of aliphatic hydroxyl groups is 4. The summed E-state index contributed by atoms with van der Waals surface area (Å²) in [5, 5.41) is 42.8. The Kier molecular flexibility index (Phi) is 24.6. The van der Waals surface area contributed by atoms with E-state index in [1.165, 1.54) is 38.5 Å². The Hall–Kier alpha value is -1.21. The predicted octanol–water partition coefficient (Wildman–Crippen LogP) is 5.72. The maximum absolute atomic E-state index is 12.3. The molecule has 0 aromatic rings. The van der Waals surface area contributed by atoms with Crippen LogP contribution in [0.25, 0.3) is 0 Å². The molecule has 4 unspecified atom stereocenters. The molecular weight excluding hydrogens is 454 g/mol. The second-order valence-corrected chi connectivity index (χ2v) is 10.1. The van der Waals surface area contributed by atoms with E-state index in [9.17, 15) is 25.2 Å². The highest BCUT2D eigenvalue weighted by Gasteiger charge is 2.28. The van der Waals surface area contributed by atoms with Gasteiger partial charge in [0.1, 0.15) is 12.2 Å². The molecule has 0 radical (unpaired) electrons. The second-order valence-electron chi connectivity index (χ2n) is 10.1. The molecule has 4 atom stereocenters. The minimum absolute atomic E-state index is 0.350. The van der Waals surface area contributed by atoms with Crippen molar-refractivity contribution in [3.05, 3.63) is 24.3 Å². The van der Waals surface area contributed by atoms with Crippen molar-refractivity contribution in [3.8, 4) is 0 Å². The summed E-state index contributed by atoms with van der Waals surface area (Å²) >= 11 is 0. The third-order valence-electron chi connectivity index (χ3n) is 6.69. The Balaban J connectivity index is 3.94. The molecule has 0 aliphatic heterocycles. The molecule has 0 saturated heterocycles. The molecule has 0 aliphatic carbocycles. The lowest BCUT2D eigenvalue weighted by atomic mass is 9.99. The van der Waals surface area contributed by atoms with Crippen molar-refractivity contribution in [1.29, 1.82) is 0 Å². The molecule has 36 heavy (non-hydrogen) atoms. The highest BCUT2D eigenvalue weighted by atomic mass is 16.3. The van der Waals surface area contributed by atoms with E-state index in [4.69, 9.17) is 0 Å². The van der Waals surface area contributed by atoms with Crippen LogP contribution in [0.2, 0.25) is 0 Å². The SMILES string of the molecule is CCCCC/C=C\C=C/CCCCCCCC(O)C(=O)NC(CO)C(O)C(O)CCCCCCCC. The third-order valence-corrected chi connectivity index (χ3v) is 6.69. The average molecular weight is 512 g/mol. The predicted molar refractivity (Wildman–Crippen MR) is 150 cm³/mol. The summed E-state index contributed by atoms with van der Waals surface area (Å²) in [5.41, 5.74) is 0. The van der Waals surface area contributed by atoms with Crippen LogP contribution < -0.4 is 5.32 Å². The maximum atomic E-state index is 12.3. The fraction of sp³-hybridized carbons (Fsp3) is 0.833. The Labute approximate surface area is 221 Å². The van der Waals surface area contributed by atoms with Gasteiger partial charge in [-0.15, -0.1) is 0 Å². The fourth-order valence-electron chi connectivity index (χ4n) is 4.21. The summed E-state index contributed by atoms with van der Waals surface area (Å²) in [5.74, 6) is -0.604. The number of carbonyl (C=O) groups excluding carboxylic acids is 1. The number of carbonyl (C=O) groups is 1. The Morgan fingerprint density at radius 1 is 0.694 bits per heavy atom. The van der Waals surface area contributed by atoms with Gasteiger partial charge >= 0.3 is 0 Å². The van der Waals surface area contributed by atoms with Gasteiger partial charge in [0.2, 0.25) is 5.91 Å². The largest absolute Gasteiger partial charge is 0.394 e. The first-order valence-electron chi connectivity index (χ1n) is 14.7. The van der Waals surface area contributed by atoms with Gasteiger partial charge in [0.15, 0.2) is 0 Å². The minimum Gasteiger partial charge on any atom is -0.394 e. The highest BCUT2D eigenvalue weighted by molar-refractivity contribution is 5.80. The summed E-state index contributed by atoms with van der Waals surface area (Å²) in [6.45, 7) is 3.89. The van der Waals surface area contributed by atoms with Crippen molar-refractivity contribution in [2.45, 2.75) is 154 Å². The number of aliphatic hydroxyl groups excluding tert-OH is 4. The average Bonchev–Trinajstić information content (AvgIpc) is 2.88. The number of hydrogen-bond donors (Lipinski definition) is 5. The maximum Gasteiger partial charge on any atom is 0.249 e. The van der Waals surface area contributed by atoms with Crippen molar-refractivity contribution in [1.82, 2.24) is 5.32 Å². The van der Waals surface area contributed by atoms with Crippen LogP contribution >= 0.6 is 0 Å². The Morgan fingerprint density at radius 2 is 1.17 bits per heavy atom. The molecular formula is C30H57NO5. The van der Waals surface area contributed by atoms with E-state index in [2.05, 4.69) is 43.5 Å². The van der Waals surface area contributed by atoms with Crippen LogP contribution in [0.15, 0.2) is 24.3 Å². The molecule has 1 amide bonds. The number of nitrogens with one attached hydrogen (secondary N) is 1. The fourth-order valence-corrected chi connectivity index (χ4v) is 4.21. The molecule has 0 spiro atoms. The highest BCUT2D eigenvalue weighted by Crippen LogP contribution is 2.13. The van der Waals surface area contributed by atoms with Crippen LogP contribution in [0.1, 0.15) is 129 Å². The molecule has 0 aliphatic rings. The number of allylic oxidation sites excluding steroid dienone is 4. The first kappa shape index (κ1) is 34.8. The second kappa shape index (κ2) is 25.4. The minimum atomic E-state index is -1.26. The number of rotatable bonds is 25. The molecule has 0 bridgehead atoms. The Bertz CT molecular complexity index is 551. The lowest BCUT2D eigenvalue weighted by Gasteiger charge is -2.27. The molecule has 0 aromatic carbocycles. The Morgan fingerprint density at radius 3 is 1.75 bits per heavy atom. The molecule has 5 N–H and O–H groups in total. The third kappa shape index (κ3) is 19.9.